The highest BCUT2D eigenvalue weighted by atomic mass is 32.2. The van der Waals surface area contributed by atoms with Crippen LogP contribution >= 0.6 is 0 Å². The number of hydrogen-bond donors (Lipinski definition) is 0. The zero-order valence-corrected chi connectivity index (χ0v) is 14.5. The molecule has 1 atom stereocenters. The van der Waals surface area contributed by atoms with Crippen LogP contribution in [0.1, 0.15) is 18.1 Å². The minimum atomic E-state index is -3.49. The summed E-state index contributed by atoms with van der Waals surface area (Å²) in [7, 11) is -3.49. The molecule has 0 N–H and O–H groups in total. The lowest BCUT2D eigenvalue weighted by molar-refractivity contribution is -0.118. The molecule has 1 amide bonds. The molecule has 0 heterocycles. The van der Waals surface area contributed by atoms with Gasteiger partial charge in [-0.1, -0.05) is 42.3 Å². The van der Waals surface area contributed by atoms with Gasteiger partial charge >= 0.3 is 0 Å². The first-order valence-electron chi connectivity index (χ1n) is 7.44. The summed E-state index contributed by atoms with van der Waals surface area (Å²) in [5.74, 6) is 2.05. The molecule has 5 heteroatoms. The van der Waals surface area contributed by atoms with Crippen LogP contribution in [0.3, 0.4) is 0 Å². The SMILES string of the molecule is C#Cc1cccc(N(Cc2ccccc2)C(=O)C(C)S(C)(=O)=O)c1. The van der Waals surface area contributed by atoms with Crippen LogP contribution in [-0.2, 0) is 21.2 Å². The van der Waals surface area contributed by atoms with Gasteiger partial charge in [0.2, 0.25) is 5.91 Å². The van der Waals surface area contributed by atoms with Crippen LogP contribution in [0, 0.1) is 12.3 Å². The molecule has 0 aliphatic rings. The molecule has 2 rings (SSSR count). The van der Waals surface area contributed by atoms with Crippen molar-refractivity contribution >= 4 is 21.4 Å². The van der Waals surface area contributed by atoms with Crippen LogP contribution < -0.4 is 4.90 Å². The molecule has 0 aliphatic carbocycles. The molecule has 24 heavy (non-hydrogen) atoms. The Morgan fingerprint density at radius 2 is 1.83 bits per heavy atom. The first kappa shape index (κ1) is 17.8. The third-order valence-electron chi connectivity index (χ3n) is 3.76. The fraction of sp³-hybridized carbons (Fsp3) is 0.211. The number of hydrogen-bond acceptors (Lipinski definition) is 3. The number of terminal acetylenes is 1. The Kier molecular flexibility index (Phi) is 5.42. The summed E-state index contributed by atoms with van der Waals surface area (Å²) in [5, 5.41) is -1.13. The minimum absolute atomic E-state index is 0.271. The number of carbonyl (C=O) groups is 1. The standard InChI is InChI=1S/C19H19NO3S/c1-4-16-11-8-12-18(13-16)20(14-17-9-6-5-7-10-17)19(21)15(2)24(3,22)23/h1,5-13,15H,14H2,2-3H3. The van der Waals surface area contributed by atoms with Crippen LogP contribution in [-0.4, -0.2) is 25.8 Å². The highest BCUT2D eigenvalue weighted by molar-refractivity contribution is 7.92. The van der Waals surface area contributed by atoms with E-state index in [0.29, 0.717) is 11.3 Å². The molecular weight excluding hydrogens is 322 g/mol. The van der Waals surface area contributed by atoms with E-state index < -0.39 is 21.0 Å². The van der Waals surface area contributed by atoms with Gasteiger partial charge in [-0.05, 0) is 30.7 Å². The van der Waals surface area contributed by atoms with Gasteiger partial charge in [0.15, 0.2) is 9.84 Å². The monoisotopic (exact) mass is 341 g/mol. The third-order valence-corrected chi connectivity index (χ3v) is 5.25. The van der Waals surface area contributed by atoms with Crippen LogP contribution in [0.15, 0.2) is 54.6 Å². The molecule has 0 spiro atoms. The highest BCUT2D eigenvalue weighted by Gasteiger charge is 2.29. The second kappa shape index (κ2) is 7.33. The lowest BCUT2D eigenvalue weighted by Crippen LogP contribution is -2.41. The van der Waals surface area contributed by atoms with Crippen molar-refractivity contribution in [3.05, 3.63) is 65.7 Å². The van der Waals surface area contributed by atoms with Crippen molar-refractivity contribution in [1.82, 2.24) is 0 Å². The van der Waals surface area contributed by atoms with E-state index in [-0.39, 0.29) is 6.54 Å². The zero-order chi connectivity index (χ0) is 17.7. The molecule has 0 saturated heterocycles. The summed E-state index contributed by atoms with van der Waals surface area (Å²) < 4.78 is 23.6. The largest absolute Gasteiger partial charge is 0.307 e. The van der Waals surface area contributed by atoms with E-state index in [1.165, 1.54) is 11.8 Å². The van der Waals surface area contributed by atoms with Crippen molar-refractivity contribution in [3.8, 4) is 12.3 Å². The molecule has 1 unspecified atom stereocenters. The zero-order valence-electron chi connectivity index (χ0n) is 13.6. The van der Waals surface area contributed by atoms with Crippen molar-refractivity contribution < 1.29 is 13.2 Å². The molecule has 0 fully saturated rings. The fourth-order valence-corrected chi connectivity index (χ4v) is 2.72. The van der Waals surface area contributed by atoms with E-state index in [1.54, 1.807) is 24.3 Å². The number of sulfone groups is 1. The van der Waals surface area contributed by atoms with Gasteiger partial charge in [0.1, 0.15) is 5.25 Å². The van der Waals surface area contributed by atoms with Gasteiger partial charge in [-0.15, -0.1) is 6.42 Å². The van der Waals surface area contributed by atoms with E-state index >= 15 is 0 Å². The molecule has 0 bridgehead atoms. The summed E-state index contributed by atoms with van der Waals surface area (Å²) >= 11 is 0. The number of anilines is 1. The van der Waals surface area contributed by atoms with E-state index in [2.05, 4.69) is 5.92 Å². The Morgan fingerprint density at radius 3 is 2.42 bits per heavy atom. The summed E-state index contributed by atoms with van der Waals surface area (Å²) in [5.41, 5.74) is 2.11. The van der Waals surface area contributed by atoms with E-state index in [1.807, 2.05) is 30.3 Å². The molecule has 0 aliphatic heterocycles. The Balaban J connectivity index is 2.45. The number of amides is 1. The lowest BCUT2D eigenvalue weighted by atomic mass is 10.1. The van der Waals surface area contributed by atoms with Crippen molar-refractivity contribution in [2.45, 2.75) is 18.7 Å². The number of carbonyl (C=O) groups excluding carboxylic acids is 1. The molecule has 2 aromatic rings. The minimum Gasteiger partial charge on any atom is -0.307 e. The molecule has 124 valence electrons. The Bertz CT molecular complexity index is 867. The Morgan fingerprint density at radius 1 is 1.17 bits per heavy atom. The summed E-state index contributed by atoms with van der Waals surface area (Å²) in [6, 6.07) is 16.4. The predicted octanol–water partition coefficient (Wildman–Crippen LogP) is 2.63. The Labute approximate surface area is 143 Å². The average molecular weight is 341 g/mol. The molecule has 0 aromatic heterocycles. The number of rotatable bonds is 5. The van der Waals surface area contributed by atoms with Gasteiger partial charge < -0.3 is 4.90 Å². The highest BCUT2D eigenvalue weighted by Crippen LogP contribution is 2.21. The van der Waals surface area contributed by atoms with Gasteiger partial charge in [0.05, 0.1) is 6.54 Å². The van der Waals surface area contributed by atoms with Crippen molar-refractivity contribution in [2.24, 2.45) is 0 Å². The van der Waals surface area contributed by atoms with Crippen molar-refractivity contribution in [2.75, 3.05) is 11.2 Å². The summed E-state index contributed by atoms with van der Waals surface area (Å²) in [4.78, 5) is 14.2. The van der Waals surface area contributed by atoms with E-state index in [0.717, 1.165) is 11.8 Å². The molecule has 0 radical (unpaired) electrons. The second-order valence-corrected chi connectivity index (χ2v) is 7.94. The van der Waals surface area contributed by atoms with Gasteiger partial charge in [0, 0.05) is 17.5 Å². The topological polar surface area (TPSA) is 54.5 Å². The molecule has 2 aromatic carbocycles. The smallest absolute Gasteiger partial charge is 0.245 e. The van der Waals surface area contributed by atoms with Gasteiger partial charge in [-0.25, -0.2) is 8.42 Å². The molecule has 4 nitrogen and oxygen atoms in total. The predicted molar refractivity (Wildman–Crippen MR) is 96.3 cm³/mol. The quantitative estimate of drug-likeness (QED) is 0.786. The first-order valence-corrected chi connectivity index (χ1v) is 9.39. The molecular formula is C19H19NO3S. The van der Waals surface area contributed by atoms with Gasteiger partial charge in [-0.3, -0.25) is 4.79 Å². The third kappa shape index (κ3) is 4.24. The maximum absolute atomic E-state index is 12.8. The van der Waals surface area contributed by atoms with Crippen LogP contribution in [0.2, 0.25) is 0 Å². The van der Waals surface area contributed by atoms with Crippen LogP contribution in [0.5, 0.6) is 0 Å². The van der Waals surface area contributed by atoms with Crippen molar-refractivity contribution in [3.63, 3.8) is 0 Å². The Hall–Kier alpha value is -2.58. The van der Waals surface area contributed by atoms with Crippen LogP contribution in [0.4, 0.5) is 5.69 Å². The molecule has 0 saturated carbocycles. The number of nitrogens with zero attached hydrogens (tertiary/aromatic N) is 1. The van der Waals surface area contributed by atoms with E-state index in [9.17, 15) is 13.2 Å². The fourth-order valence-electron chi connectivity index (χ4n) is 2.23. The van der Waals surface area contributed by atoms with Crippen LogP contribution in [0.25, 0.3) is 0 Å². The maximum atomic E-state index is 12.8. The second-order valence-electron chi connectivity index (χ2n) is 5.58. The van der Waals surface area contributed by atoms with Gasteiger partial charge in [0.25, 0.3) is 0 Å². The van der Waals surface area contributed by atoms with E-state index in [4.69, 9.17) is 6.42 Å². The normalized spacial score (nSPS) is 12.2. The first-order chi connectivity index (χ1) is 11.3. The van der Waals surface area contributed by atoms with Gasteiger partial charge in [-0.2, -0.15) is 0 Å². The number of benzene rings is 2. The summed E-state index contributed by atoms with van der Waals surface area (Å²) in [6.45, 7) is 1.67. The lowest BCUT2D eigenvalue weighted by Gasteiger charge is -2.25. The van der Waals surface area contributed by atoms with Crippen molar-refractivity contribution in [1.29, 1.82) is 0 Å². The summed E-state index contributed by atoms with van der Waals surface area (Å²) in [6.07, 6.45) is 6.49. The average Bonchev–Trinajstić information content (AvgIpc) is 2.58. The maximum Gasteiger partial charge on any atom is 0.245 e.